The van der Waals surface area contributed by atoms with E-state index in [0.717, 1.165) is 26.2 Å². The van der Waals surface area contributed by atoms with Crippen LogP contribution in [0, 0.1) is 0 Å². The summed E-state index contributed by atoms with van der Waals surface area (Å²) in [6.07, 6.45) is 0. The molecule has 1 aromatic carbocycles. The molecule has 1 aliphatic heterocycles. The number of anilines is 1. The number of piperazine rings is 1. The average Bonchev–Trinajstić information content (AvgIpc) is 2.46. The lowest BCUT2D eigenvalue weighted by atomic mass is 10.1. The molecule has 1 aliphatic rings. The third-order valence-corrected chi connectivity index (χ3v) is 3.78. The molecule has 0 unspecified atom stereocenters. The van der Waals surface area contributed by atoms with E-state index in [4.69, 9.17) is 5.73 Å². The molecule has 1 fully saturated rings. The molecule has 4 nitrogen and oxygen atoms in total. The standard InChI is InChI=1S/C15H23N3O/c1-12(2)17-7-9-18(10-8-17)14-5-3-13(4-6-14)15(19)11-16/h3-6,12H,7-11,16H2,1-2H3. The van der Waals surface area contributed by atoms with Crippen LogP contribution in [0.15, 0.2) is 24.3 Å². The van der Waals surface area contributed by atoms with Crippen LogP contribution in [0.1, 0.15) is 24.2 Å². The molecule has 0 spiro atoms. The van der Waals surface area contributed by atoms with Crippen molar-refractivity contribution in [3.05, 3.63) is 29.8 Å². The van der Waals surface area contributed by atoms with Crippen molar-refractivity contribution >= 4 is 11.5 Å². The molecule has 0 atom stereocenters. The molecular formula is C15H23N3O. The predicted octanol–water partition coefficient (Wildman–Crippen LogP) is 1.36. The van der Waals surface area contributed by atoms with E-state index in [1.807, 2.05) is 24.3 Å². The Kier molecular flexibility index (Phi) is 4.56. The van der Waals surface area contributed by atoms with Gasteiger partial charge in [-0.25, -0.2) is 0 Å². The topological polar surface area (TPSA) is 49.6 Å². The van der Waals surface area contributed by atoms with Gasteiger partial charge in [-0.2, -0.15) is 0 Å². The predicted molar refractivity (Wildman–Crippen MR) is 78.7 cm³/mol. The quantitative estimate of drug-likeness (QED) is 0.831. The van der Waals surface area contributed by atoms with Crippen LogP contribution in [-0.2, 0) is 0 Å². The molecule has 1 saturated heterocycles. The highest BCUT2D eigenvalue weighted by atomic mass is 16.1. The highest BCUT2D eigenvalue weighted by molar-refractivity contribution is 5.97. The summed E-state index contributed by atoms with van der Waals surface area (Å²) < 4.78 is 0. The fourth-order valence-corrected chi connectivity index (χ4v) is 2.47. The number of ketones is 1. The molecule has 0 aromatic heterocycles. The van der Waals surface area contributed by atoms with E-state index in [-0.39, 0.29) is 12.3 Å². The van der Waals surface area contributed by atoms with Crippen molar-refractivity contribution in [2.24, 2.45) is 5.73 Å². The maximum atomic E-state index is 11.5. The molecule has 0 aliphatic carbocycles. The summed E-state index contributed by atoms with van der Waals surface area (Å²) in [6, 6.07) is 8.41. The fraction of sp³-hybridized carbons (Fsp3) is 0.533. The SMILES string of the molecule is CC(C)N1CCN(c2ccc(C(=O)CN)cc2)CC1. The van der Waals surface area contributed by atoms with Gasteiger partial charge >= 0.3 is 0 Å². The van der Waals surface area contributed by atoms with Crippen LogP contribution in [-0.4, -0.2) is 49.4 Å². The van der Waals surface area contributed by atoms with Crippen LogP contribution < -0.4 is 10.6 Å². The molecule has 104 valence electrons. The van der Waals surface area contributed by atoms with E-state index in [0.29, 0.717) is 11.6 Å². The van der Waals surface area contributed by atoms with E-state index in [1.54, 1.807) is 0 Å². The van der Waals surface area contributed by atoms with Gasteiger partial charge in [0.15, 0.2) is 5.78 Å². The van der Waals surface area contributed by atoms with Crippen LogP contribution in [0.3, 0.4) is 0 Å². The van der Waals surface area contributed by atoms with E-state index in [9.17, 15) is 4.79 Å². The summed E-state index contributed by atoms with van der Waals surface area (Å²) in [5.41, 5.74) is 7.26. The van der Waals surface area contributed by atoms with Gasteiger partial charge in [0.25, 0.3) is 0 Å². The summed E-state index contributed by atoms with van der Waals surface area (Å²) in [4.78, 5) is 16.3. The van der Waals surface area contributed by atoms with E-state index in [2.05, 4.69) is 23.6 Å². The number of Topliss-reactive ketones (excluding diaryl/α,β-unsaturated/α-hetero) is 1. The molecular weight excluding hydrogens is 238 g/mol. The summed E-state index contributed by atoms with van der Waals surface area (Å²) in [5, 5.41) is 0. The van der Waals surface area contributed by atoms with Gasteiger partial charge in [-0.05, 0) is 38.1 Å². The number of nitrogens with two attached hydrogens (primary N) is 1. The van der Waals surface area contributed by atoms with Crippen molar-refractivity contribution in [3.63, 3.8) is 0 Å². The van der Waals surface area contributed by atoms with Gasteiger partial charge in [-0.1, -0.05) is 0 Å². The first-order valence-electron chi connectivity index (χ1n) is 6.94. The second-order valence-corrected chi connectivity index (χ2v) is 5.29. The van der Waals surface area contributed by atoms with Gasteiger partial charge in [-0.3, -0.25) is 9.69 Å². The molecule has 0 saturated carbocycles. The number of benzene rings is 1. The lowest BCUT2D eigenvalue weighted by molar-refractivity contribution is 0.100. The number of carbonyl (C=O) groups is 1. The molecule has 19 heavy (non-hydrogen) atoms. The van der Waals surface area contributed by atoms with Gasteiger partial charge in [0.2, 0.25) is 0 Å². The highest BCUT2D eigenvalue weighted by Crippen LogP contribution is 2.18. The minimum Gasteiger partial charge on any atom is -0.369 e. The maximum absolute atomic E-state index is 11.5. The molecule has 0 radical (unpaired) electrons. The lowest BCUT2D eigenvalue weighted by Gasteiger charge is -2.38. The lowest BCUT2D eigenvalue weighted by Crippen LogP contribution is -2.48. The zero-order chi connectivity index (χ0) is 13.8. The number of nitrogens with zero attached hydrogens (tertiary/aromatic N) is 2. The first-order valence-corrected chi connectivity index (χ1v) is 6.94. The third kappa shape index (κ3) is 3.33. The summed E-state index contributed by atoms with van der Waals surface area (Å²) in [6.45, 7) is 8.84. The molecule has 4 heteroatoms. The zero-order valence-electron chi connectivity index (χ0n) is 11.8. The zero-order valence-corrected chi connectivity index (χ0v) is 11.8. The van der Waals surface area contributed by atoms with Crippen LogP contribution in [0.4, 0.5) is 5.69 Å². The Bertz CT molecular complexity index is 420. The second kappa shape index (κ2) is 6.17. The van der Waals surface area contributed by atoms with Crippen molar-refractivity contribution in [3.8, 4) is 0 Å². The Morgan fingerprint density at radius 3 is 2.21 bits per heavy atom. The Labute approximate surface area is 115 Å². The van der Waals surface area contributed by atoms with Crippen molar-refractivity contribution in [2.45, 2.75) is 19.9 Å². The van der Waals surface area contributed by atoms with E-state index >= 15 is 0 Å². The van der Waals surface area contributed by atoms with Crippen molar-refractivity contribution in [1.82, 2.24) is 4.90 Å². The first kappa shape index (κ1) is 14.0. The van der Waals surface area contributed by atoms with Crippen LogP contribution in [0.5, 0.6) is 0 Å². The fourth-order valence-electron chi connectivity index (χ4n) is 2.47. The van der Waals surface area contributed by atoms with E-state index < -0.39 is 0 Å². The minimum atomic E-state index is -0.00354. The van der Waals surface area contributed by atoms with Crippen LogP contribution >= 0.6 is 0 Å². The Hall–Kier alpha value is -1.39. The van der Waals surface area contributed by atoms with Gasteiger partial charge in [0.1, 0.15) is 0 Å². The van der Waals surface area contributed by atoms with Crippen molar-refractivity contribution in [1.29, 1.82) is 0 Å². The second-order valence-electron chi connectivity index (χ2n) is 5.29. The molecule has 2 N–H and O–H groups in total. The number of hydrogen-bond donors (Lipinski definition) is 1. The molecule has 1 aromatic rings. The molecule has 1 heterocycles. The summed E-state index contributed by atoms with van der Waals surface area (Å²) in [7, 11) is 0. The smallest absolute Gasteiger partial charge is 0.176 e. The summed E-state index contributed by atoms with van der Waals surface area (Å²) >= 11 is 0. The highest BCUT2D eigenvalue weighted by Gasteiger charge is 2.18. The van der Waals surface area contributed by atoms with Gasteiger partial charge in [0.05, 0.1) is 6.54 Å². The first-order chi connectivity index (χ1) is 9.11. The number of hydrogen-bond acceptors (Lipinski definition) is 4. The largest absolute Gasteiger partial charge is 0.369 e. The Balaban J connectivity index is 1.98. The number of rotatable bonds is 4. The van der Waals surface area contributed by atoms with Crippen LogP contribution in [0.25, 0.3) is 0 Å². The Morgan fingerprint density at radius 1 is 1.16 bits per heavy atom. The Morgan fingerprint density at radius 2 is 1.74 bits per heavy atom. The van der Waals surface area contributed by atoms with Gasteiger partial charge in [-0.15, -0.1) is 0 Å². The third-order valence-electron chi connectivity index (χ3n) is 3.78. The molecule has 0 amide bonds. The minimum absolute atomic E-state index is 0.00354. The number of carbonyl (C=O) groups excluding carboxylic acids is 1. The molecule has 2 rings (SSSR count). The molecule has 0 bridgehead atoms. The van der Waals surface area contributed by atoms with Crippen molar-refractivity contribution in [2.75, 3.05) is 37.6 Å². The van der Waals surface area contributed by atoms with Crippen molar-refractivity contribution < 1.29 is 4.79 Å². The maximum Gasteiger partial charge on any atom is 0.176 e. The van der Waals surface area contributed by atoms with E-state index in [1.165, 1.54) is 5.69 Å². The normalized spacial score (nSPS) is 16.9. The van der Waals surface area contributed by atoms with Gasteiger partial charge in [0, 0.05) is 43.5 Å². The summed E-state index contributed by atoms with van der Waals surface area (Å²) in [5.74, 6) is -0.00354. The average molecular weight is 261 g/mol. The van der Waals surface area contributed by atoms with Crippen LogP contribution in [0.2, 0.25) is 0 Å². The monoisotopic (exact) mass is 261 g/mol. The van der Waals surface area contributed by atoms with Gasteiger partial charge < -0.3 is 10.6 Å².